The lowest BCUT2D eigenvalue weighted by molar-refractivity contribution is -0.256. The van der Waals surface area contributed by atoms with Gasteiger partial charge >= 0.3 is 5.97 Å². The van der Waals surface area contributed by atoms with Gasteiger partial charge in [-0.2, -0.15) is 5.06 Å². The number of ether oxygens (including phenoxy) is 1. The van der Waals surface area contributed by atoms with E-state index >= 15 is 0 Å². The number of nitrogens with zero attached hydrogens (tertiary/aromatic N) is 1. The number of benzene rings is 3. The van der Waals surface area contributed by atoms with Crippen molar-refractivity contribution < 1.29 is 25.0 Å². The number of hydrogen-bond donors (Lipinski definition) is 3. The van der Waals surface area contributed by atoms with Crippen LogP contribution in [0.25, 0.3) is 22.3 Å². The van der Waals surface area contributed by atoms with Crippen LogP contribution in [-0.4, -0.2) is 43.6 Å². The van der Waals surface area contributed by atoms with Crippen LogP contribution in [0.3, 0.4) is 0 Å². The minimum atomic E-state index is -0.530. The van der Waals surface area contributed by atoms with Crippen LogP contribution in [0.1, 0.15) is 50.9 Å². The summed E-state index contributed by atoms with van der Waals surface area (Å²) in [5.74, 6) is -0.0966. The summed E-state index contributed by atoms with van der Waals surface area (Å²) in [6, 6.07) is 19.1. The van der Waals surface area contributed by atoms with Crippen molar-refractivity contribution in [3.05, 3.63) is 72.3 Å². The van der Waals surface area contributed by atoms with Gasteiger partial charge in [-0.3, -0.25) is 0 Å². The normalized spacial score (nSPS) is 17.9. The van der Waals surface area contributed by atoms with Crippen molar-refractivity contribution in [2.45, 2.75) is 57.7 Å². The fraction of sp³-hybridized carbons (Fsp3) is 0.321. The number of piperidine rings is 1. The van der Waals surface area contributed by atoms with Crippen LogP contribution in [0, 0.1) is 0 Å². The van der Waals surface area contributed by atoms with Crippen molar-refractivity contribution in [2.24, 2.45) is 0 Å². The van der Waals surface area contributed by atoms with Gasteiger partial charge in [0.05, 0.1) is 5.56 Å². The maximum atomic E-state index is 13.3. The lowest BCUT2D eigenvalue weighted by Crippen LogP contribution is -2.60. The van der Waals surface area contributed by atoms with Gasteiger partial charge in [0, 0.05) is 23.9 Å². The van der Waals surface area contributed by atoms with Crippen LogP contribution in [0.5, 0.6) is 11.5 Å². The van der Waals surface area contributed by atoms with Crippen LogP contribution in [0.15, 0.2) is 66.7 Å². The number of rotatable bonds is 4. The molecule has 6 nitrogen and oxygen atoms in total. The topological polar surface area (TPSA) is 90.2 Å². The van der Waals surface area contributed by atoms with Gasteiger partial charge in [0.2, 0.25) is 0 Å². The Hall–Kier alpha value is -3.35. The van der Waals surface area contributed by atoms with Crippen LogP contribution < -0.4 is 0 Å². The van der Waals surface area contributed by atoms with Crippen LogP contribution in [-0.2, 0) is 4.74 Å². The first-order valence-corrected chi connectivity index (χ1v) is 11.4. The molecular formula is C28H31NO5. The zero-order valence-electron chi connectivity index (χ0n) is 19.9. The van der Waals surface area contributed by atoms with Crippen molar-refractivity contribution in [1.82, 2.24) is 5.06 Å². The van der Waals surface area contributed by atoms with Gasteiger partial charge in [-0.1, -0.05) is 24.3 Å². The average Bonchev–Trinajstić information content (AvgIpc) is 2.77. The first-order chi connectivity index (χ1) is 15.9. The summed E-state index contributed by atoms with van der Waals surface area (Å²) < 4.78 is 5.96. The molecule has 0 atom stereocenters. The molecule has 3 aromatic rings. The van der Waals surface area contributed by atoms with E-state index in [1.807, 2.05) is 33.8 Å². The number of carbonyl (C=O) groups excluding carboxylic acids is 1. The molecule has 0 unspecified atom stereocenters. The van der Waals surface area contributed by atoms with E-state index in [1.54, 1.807) is 60.7 Å². The third-order valence-electron chi connectivity index (χ3n) is 6.44. The highest BCUT2D eigenvalue weighted by Gasteiger charge is 2.46. The molecule has 6 heteroatoms. The van der Waals surface area contributed by atoms with E-state index in [0.29, 0.717) is 18.4 Å². The number of esters is 1. The predicted octanol–water partition coefficient (Wildman–Crippen LogP) is 6.00. The fourth-order valence-corrected chi connectivity index (χ4v) is 4.87. The smallest absolute Gasteiger partial charge is 0.338 e. The molecule has 3 aromatic carbocycles. The van der Waals surface area contributed by atoms with E-state index in [1.165, 1.54) is 5.06 Å². The van der Waals surface area contributed by atoms with Crippen LogP contribution in [0.4, 0.5) is 0 Å². The summed E-state index contributed by atoms with van der Waals surface area (Å²) in [4.78, 5) is 13.3. The van der Waals surface area contributed by atoms with Crippen LogP contribution >= 0.6 is 0 Å². The Balaban J connectivity index is 1.69. The molecule has 1 aliphatic rings. The maximum Gasteiger partial charge on any atom is 0.338 e. The molecule has 1 saturated heterocycles. The molecule has 1 heterocycles. The lowest BCUT2D eigenvalue weighted by atomic mass is 9.80. The van der Waals surface area contributed by atoms with Crippen molar-refractivity contribution in [2.75, 3.05) is 0 Å². The Morgan fingerprint density at radius 2 is 1.18 bits per heavy atom. The molecule has 1 aliphatic heterocycles. The average molecular weight is 462 g/mol. The fourth-order valence-electron chi connectivity index (χ4n) is 4.87. The second kappa shape index (κ2) is 8.78. The van der Waals surface area contributed by atoms with Gasteiger partial charge in [-0.05, 0) is 92.4 Å². The molecule has 0 radical (unpaired) electrons. The largest absolute Gasteiger partial charge is 0.508 e. The number of hydrogen-bond acceptors (Lipinski definition) is 6. The number of hydroxylamine groups is 2. The Labute approximate surface area is 200 Å². The SMILES string of the molecule is CC1(C)CC(OC(=O)c2cc(-c3ccc(O)cc3)cc(-c3ccc(O)cc3)c2)CC(C)(C)N1O. The number of carbonyl (C=O) groups is 1. The van der Waals surface area contributed by atoms with E-state index in [4.69, 9.17) is 4.74 Å². The lowest BCUT2D eigenvalue weighted by Gasteiger charge is -2.50. The highest BCUT2D eigenvalue weighted by Crippen LogP contribution is 2.38. The number of phenols is 2. The third kappa shape index (κ3) is 4.93. The highest BCUT2D eigenvalue weighted by molar-refractivity contribution is 5.93. The Morgan fingerprint density at radius 3 is 1.59 bits per heavy atom. The minimum absolute atomic E-state index is 0.165. The Kier molecular flexibility index (Phi) is 6.14. The molecule has 178 valence electrons. The molecular weight excluding hydrogens is 430 g/mol. The summed E-state index contributed by atoms with van der Waals surface area (Å²) >= 11 is 0. The summed E-state index contributed by atoms with van der Waals surface area (Å²) in [6.45, 7) is 7.73. The molecule has 0 aromatic heterocycles. The molecule has 0 aliphatic carbocycles. The number of aromatic hydroxyl groups is 2. The monoisotopic (exact) mass is 461 g/mol. The Bertz CT molecular complexity index is 1100. The van der Waals surface area contributed by atoms with E-state index in [0.717, 1.165) is 22.3 Å². The zero-order valence-corrected chi connectivity index (χ0v) is 19.9. The quantitative estimate of drug-likeness (QED) is 0.413. The molecule has 0 spiro atoms. The van der Waals surface area contributed by atoms with Crippen molar-refractivity contribution in [3.63, 3.8) is 0 Å². The van der Waals surface area contributed by atoms with Crippen molar-refractivity contribution in [3.8, 4) is 33.8 Å². The van der Waals surface area contributed by atoms with E-state index in [9.17, 15) is 20.2 Å². The van der Waals surface area contributed by atoms with Gasteiger partial charge < -0.3 is 20.2 Å². The summed E-state index contributed by atoms with van der Waals surface area (Å²) in [6.07, 6.45) is 0.692. The molecule has 3 N–H and O–H groups in total. The van der Waals surface area contributed by atoms with Gasteiger partial charge in [-0.15, -0.1) is 0 Å². The molecule has 0 saturated carbocycles. The maximum absolute atomic E-state index is 13.3. The van der Waals surface area contributed by atoms with Crippen molar-refractivity contribution >= 4 is 5.97 Å². The molecule has 0 amide bonds. The summed E-state index contributed by atoms with van der Waals surface area (Å²) in [5, 5.41) is 31.3. The van der Waals surface area contributed by atoms with Gasteiger partial charge in [0.1, 0.15) is 17.6 Å². The van der Waals surface area contributed by atoms with Gasteiger partial charge in [0.15, 0.2) is 0 Å². The first-order valence-electron chi connectivity index (χ1n) is 11.4. The Morgan fingerprint density at radius 1 is 0.765 bits per heavy atom. The zero-order chi connectivity index (χ0) is 24.7. The second-order valence-corrected chi connectivity index (χ2v) is 10.3. The van der Waals surface area contributed by atoms with E-state index in [2.05, 4.69) is 0 Å². The standard InChI is InChI=1S/C28H31NO5/c1-27(2)16-25(17-28(3,4)29(27)33)34-26(32)22-14-20(18-5-9-23(30)10-6-18)13-21(15-22)19-7-11-24(31)12-8-19/h5-15,25,30-31,33H,16-17H2,1-4H3. The van der Waals surface area contributed by atoms with Gasteiger partial charge in [-0.25, -0.2) is 4.79 Å². The van der Waals surface area contributed by atoms with E-state index in [-0.39, 0.29) is 17.6 Å². The summed E-state index contributed by atoms with van der Waals surface area (Å²) in [7, 11) is 0. The molecule has 1 fully saturated rings. The molecule has 34 heavy (non-hydrogen) atoms. The van der Waals surface area contributed by atoms with Crippen LogP contribution in [0.2, 0.25) is 0 Å². The van der Waals surface area contributed by atoms with Gasteiger partial charge in [0.25, 0.3) is 0 Å². The van der Waals surface area contributed by atoms with Crippen molar-refractivity contribution in [1.29, 1.82) is 0 Å². The van der Waals surface area contributed by atoms with E-state index < -0.39 is 17.0 Å². The minimum Gasteiger partial charge on any atom is -0.508 e. The summed E-state index contributed by atoms with van der Waals surface area (Å²) in [5.41, 5.74) is 2.67. The number of phenolic OH excluding ortho intramolecular Hbond substituents is 2. The molecule has 4 rings (SSSR count). The predicted molar refractivity (Wildman–Crippen MR) is 131 cm³/mol. The second-order valence-electron chi connectivity index (χ2n) is 10.3. The first kappa shape index (κ1) is 23.8. The highest BCUT2D eigenvalue weighted by atomic mass is 16.5. The third-order valence-corrected chi connectivity index (χ3v) is 6.44. The molecule has 0 bridgehead atoms.